The maximum atomic E-state index is 11.2. The third-order valence-electron chi connectivity index (χ3n) is 2.61. The van der Waals surface area contributed by atoms with Crippen LogP contribution in [0.2, 0.25) is 0 Å². The van der Waals surface area contributed by atoms with E-state index < -0.39 is 5.60 Å². The Bertz CT molecular complexity index is 279. The summed E-state index contributed by atoms with van der Waals surface area (Å²) in [5.41, 5.74) is -0.509. The molecular formula is C9H10O3. The number of hydrogen-bond acceptors (Lipinski definition) is 3. The van der Waals surface area contributed by atoms with Crippen LogP contribution in [0, 0.1) is 5.92 Å². The van der Waals surface area contributed by atoms with Gasteiger partial charge in [0.2, 0.25) is 0 Å². The smallest absolute Gasteiger partial charge is 0.165 e. The number of hydrogen-bond donors (Lipinski definition) is 0. The predicted octanol–water partition coefficient (Wildman–Crippen LogP) is 0.490. The second kappa shape index (κ2) is 2.26. The Labute approximate surface area is 70.4 Å². The maximum absolute atomic E-state index is 11.2. The molecule has 0 saturated carbocycles. The summed E-state index contributed by atoms with van der Waals surface area (Å²) in [5.74, 6) is -0.165. The third kappa shape index (κ3) is 0.932. The molecule has 3 heteroatoms. The van der Waals surface area contributed by atoms with Crippen molar-refractivity contribution in [1.29, 1.82) is 0 Å². The van der Waals surface area contributed by atoms with Gasteiger partial charge in [-0.15, -0.1) is 0 Å². The first-order chi connectivity index (χ1) is 5.62. The molecule has 0 aromatic heterocycles. The van der Waals surface area contributed by atoms with E-state index in [0.29, 0.717) is 6.42 Å². The Morgan fingerprint density at radius 2 is 2.33 bits per heavy atom. The quantitative estimate of drug-likeness (QED) is 0.526. The average Bonchev–Trinajstić information content (AvgIpc) is 2.31. The first-order valence-corrected chi connectivity index (χ1v) is 4.00. The number of fused-ring (bicyclic) bond motifs is 1. The van der Waals surface area contributed by atoms with Gasteiger partial charge in [0.25, 0.3) is 0 Å². The van der Waals surface area contributed by atoms with Crippen LogP contribution >= 0.6 is 0 Å². The van der Waals surface area contributed by atoms with Gasteiger partial charge in [-0.1, -0.05) is 0 Å². The van der Waals surface area contributed by atoms with E-state index in [1.165, 1.54) is 6.08 Å². The van der Waals surface area contributed by atoms with Gasteiger partial charge in [0.05, 0.1) is 11.5 Å². The molecule has 0 N–H and O–H groups in total. The monoisotopic (exact) mass is 166 g/mol. The third-order valence-corrected chi connectivity index (χ3v) is 2.61. The van der Waals surface area contributed by atoms with Crippen LogP contribution in [0.15, 0.2) is 12.2 Å². The largest absolute Gasteiger partial charge is 0.363 e. The number of carbonyl (C=O) groups excluding carboxylic acids is 2. The molecule has 0 radical (unpaired) electrons. The van der Waals surface area contributed by atoms with Crippen LogP contribution in [-0.4, -0.2) is 23.8 Å². The molecule has 3 nitrogen and oxygen atoms in total. The molecule has 0 unspecified atom stereocenters. The van der Waals surface area contributed by atoms with Crippen LogP contribution < -0.4 is 0 Å². The number of Topliss-reactive ketones (excluding diaryl/α,β-unsaturated/α-hetero) is 1. The Kier molecular flexibility index (Phi) is 1.45. The summed E-state index contributed by atoms with van der Waals surface area (Å²) in [6, 6.07) is 0. The highest BCUT2D eigenvalue weighted by atomic mass is 16.5. The minimum Gasteiger partial charge on any atom is -0.363 e. The molecule has 0 aromatic carbocycles. The predicted molar refractivity (Wildman–Crippen MR) is 41.6 cm³/mol. The molecule has 2 aliphatic rings. The van der Waals surface area contributed by atoms with Gasteiger partial charge in [0, 0.05) is 6.42 Å². The van der Waals surface area contributed by atoms with E-state index in [-0.39, 0.29) is 24.1 Å². The lowest BCUT2D eigenvalue weighted by atomic mass is 9.80. The lowest BCUT2D eigenvalue weighted by Gasteiger charge is -2.27. The topological polar surface area (TPSA) is 43.4 Å². The first kappa shape index (κ1) is 7.68. The molecule has 2 rings (SSSR count). The van der Waals surface area contributed by atoms with Crippen LogP contribution in [0.1, 0.15) is 13.3 Å². The van der Waals surface area contributed by atoms with Crippen LogP contribution in [0.4, 0.5) is 0 Å². The standard InChI is InChI=1S/C9H10O3/c1-9-3-2-6(10)4-7(9)8(11)5-12-9/h2-3,7H,4-5H2,1H3/t7-,9-/m0/s1. The van der Waals surface area contributed by atoms with E-state index in [1.807, 2.05) is 6.92 Å². The van der Waals surface area contributed by atoms with E-state index in [4.69, 9.17) is 4.74 Å². The average molecular weight is 166 g/mol. The molecule has 0 spiro atoms. The van der Waals surface area contributed by atoms with E-state index in [2.05, 4.69) is 0 Å². The second-order valence-corrected chi connectivity index (χ2v) is 3.50. The van der Waals surface area contributed by atoms with Gasteiger partial charge in [-0.3, -0.25) is 9.59 Å². The lowest BCUT2D eigenvalue weighted by Crippen LogP contribution is -2.36. The van der Waals surface area contributed by atoms with Gasteiger partial charge in [0.1, 0.15) is 6.61 Å². The Balaban J connectivity index is 2.37. The molecule has 12 heavy (non-hydrogen) atoms. The molecule has 2 atom stereocenters. The molecule has 1 aliphatic heterocycles. The summed E-state index contributed by atoms with van der Waals surface area (Å²) in [5, 5.41) is 0. The minimum atomic E-state index is -0.509. The van der Waals surface area contributed by atoms with Gasteiger partial charge < -0.3 is 4.74 Å². The van der Waals surface area contributed by atoms with Crippen LogP contribution in [0.25, 0.3) is 0 Å². The number of carbonyl (C=O) groups is 2. The summed E-state index contributed by atoms with van der Waals surface area (Å²) in [6.45, 7) is 2.00. The van der Waals surface area contributed by atoms with E-state index in [9.17, 15) is 9.59 Å². The summed E-state index contributed by atoms with van der Waals surface area (Å²) < 4.78 is 5.32. The fraction of sp³-hybridized carbons (Fsp3) is 0.556. The van der Waals surface area contributed by atoms with Crippen molar-refractivity contribution in [2.45, 2.75) is 18.9 Å². The highest BCUT2D eigenvalue weighted by molar-refractivity contribution is 5.98. The number of ketones is 2. The Hall–Kier alpha value is -0.960. The zero-order valence-corrected chi connectivity index (χ0v) is 6.87. The van der Waals surface area contributed by atoms with Crippen molar-refractivity contribution < 1.29 is 14.3 Å². The van der Waals surface area contributed by atoms with Gasteiger partial charge in [-0.2, -0.15) is 0 Å². The number of allylic oxidation sites excluding steroid dienone is 1. The summed E-state index contributed by atoms with van der Waals surface area (Å²) in [4.78, 5) is 22.2. The minimum absolute atomic E-state index is 0.0244. The SMILES string of the molecule is C[C@]12C=CC(=O)C[C@H]1C(=O)CO2. The number of rotatable bonds is 0. The van der Waals surface area contributed by atoms with E-state index in [0.717, 1.165) is 0 Å². The van der Waals surface area contributed by atoms with Crippen molar-refractivity contribution in [1.82, 2.24) is 0 Å². The lowest BCUT2D eigenvalue weighted by molar-refractivity contribution is -0.124. The zero-order chi connectivity index (χ0) is 8.77. The van der Waals surface area contributed by atoms with Gasteiger partial charge in [-0.25, -0.2) is 0 Å². The van der Waals surface area contributed by atoms with Gasteiger partial charge in [0.15, 0.2) is 11.6 Å². The van der Waals surface area contributed by atoms with Crippen molar-refractivity contribution >= 4 is 11.6 Å². The number of ether oxygens (including phenoxy) is 1. The summed E-state index contributed by atoms with van der Waals surface area (Å²) in [7, 11) is 0. The molecule has 64 valence electrons. The molecule has 1 aliphatic carbocycles. The van der Waals surface area contributed by atoms with Crippen LogP contribution in [0.3, 0.4) is 0 Å². The van der Waals surface area contributed by atoms with Crippen LogP contribution in [-0.2, 0) is 14.3 Å². The highest BCUT2D eigenvalue weighted by Gasteiger charge is 2.46. The Morgan fingerprint density at radius 1 is 1.58 bits per heavy atom. The molecule has 0 aromatic rings. The van der Waals surface area contributed by atoms with Crippen molar-refractivity contribution in [3.05, 3.63) is 12.2 Å². The first-order valence-electron chi connectivity index (χ1n) is 4.00. The molecule has 0 bridgehead atoms. The molecule has 1 fully saturated rings. The van der Waals surface area contributed by atoms with E-state index >= 15 is 0 Å². The maximum Gasteiger partial charge on any atom is 0.165 e. The molecule has 0 amide bonds. The summed E-state index contributed by atoms with van der Waals surface area (Å²) >= 11 is 0. The van der Waals surface area contributed by atoms with Crippen molar-refractivity contribution in [3.63, 3.8) is 0 Å². The normalized spacial score (nSPS) is 40.2. The molecule has 1 heterocycles. The van der Waals surface area contributed by atoms with E-state index in [1.54, 1.807) is 6.08 Å². The summed E-state index contributed by atoms with van der Waals surface area (Å²) in [6.07, 6.45) is 3.52. The fourth-order valence-electron chi connectivity index (χ4n) is 1.76. The molecule has 1 saturated heterocycles. The zero-order valence-electron chi connectivity index (χ0n) is 6.87. The van der Waals surface area contributed by atoms with Gasteiger partial charge >= 0.3 is 0 Å². The second-order valence-electron chi connectivity index (χ2n) is 3.50. The molecular weight excluding hydrogens is 156 g/mol. The fourth-order valence-corrected chi connectivity index (χ4v) is 1.76. The van der Waals surface area contributed by atoms with Crippen molar-refractivity contribution in [3.8, 4) is 0 Å². The van der Waals surface area contributed by atoms with Gasteiger partial charge in [-0.05, 0) is 19.1 Å². The Morgan fingerprint density at radius 3 is 3.08 bits per heavy atom. The van der Waals surface area contributed by atoms with Crippen molar-refractivity contribution in [2.75, 3.05) is 6.61 Å². The highest BCUT2D eigenvalue weighted by Crippen LogP contribution is 2.36. The van der Waals surface area contributed by atoms with Crippen molar-refractivity contribution in [2.24, 2.45) is 5.92 Å². The van der Waals surface area contributed by atoms with Crippen LogP contribution in [0.5, 0.6) is 0 Å².